The first kappa shape index (κ1) is 13.3. The molecule has 1 atom stereocenters. The molecule has 1 nitrogen and oxygen atoms in total. The molecule has 104 valence electrons. The first-order chi connectivity index (χ1) is 9.79. The zero-order chi connectivity index (χ0) is 13.9. The van der Waals surface area contributed by atoms with Gasteiger partial charge in [0.25, 0.3) is 0 Å². The quantitative estimate of drug-likeness (QED) is 0.887. The van der Waals surface area contributed by atoms with E-state index >= 15 is 0 Å². The fourth-order valence-corrected chi connectivity index (χ4v) is 3.14. The van der Waals surface area contributed by atoms with Gasteiger partial charge in [0.15, 0.2) is 0 Å². The highest BCUT2D eigenvalue weighted by atomic mass is 19.1. The van der Waals surface area contributed by atoms with Crippen molar-refractivity contribution in [1.29, 1.82) is 0 Å². The number of fused-ring (bicyclic) bond motifs is 1. The first-order valence-corrected chi connectivity index (χ1v) is 7.33. The minimum Gasteiger partial charge on any atom is -0.309 e. The highest BCUT2D eigenvalue weighted by Crippen LogP contribution is 2.28. The molecule has 0 bridgehead atoms. The summed E-state index contributed by atoms with van der Waals surface area (Å²) in [6, 6.07) is 13.5. The Bertz CT molecular complexity index is 606. The highest BCUT2D eigenvalue weighted by Gasteiger charge is 2.18. The van der Waals surface area contributed by atoms with Crippen LogP contribution in [0.25, 0.3) is 0 Å². The van der Waals surface area contributed by atoms with Crippen LogP contribution in [0.3, 0.4) is 0 Å². The Morgan fingerprint density at radius 1 is 1.00 bits per heavy atom. The Morgan fingerprint density at radius 3 is 2.50 bits per heavy atom. The van der Waals surface area contributed by atoms with Gasteiger partial charge >= 0.3 is 0 Å². The van der Waals surface area contributed by atoms with Crippen LogP contribution in [0.1, 0.15) is 41.1 Å². The highest BCUT2D eigenvalue weighted by molar-refractivity contribution is 5.39. The molecule has 1 aliphatic carbocycles. The molecular formula is C18H20FN. The van der Waals surface area contributed by atoms with Crippen molar-refractivity contribution in [2.45, 2.75) is 31.7 Å². The van der Waals surface area contributed by atoms with Gasteiger partial charge in [-0.1, -0.05) is 36.4 Å². The molecule has 20 heavy (non-hydrogen) atoms. The van der Waals surface area contributed by atoms with Crippen LogP contribution in [0.15, 0.2) is 42.5 Å². The van der Waals surface area contributed by atoms with E-state index in [-0.39, 0.29) is 11.9 Å². The lowest BCUT2D eigenvalue weighted by molar-refractivity contribution is 0.575. The molecule has 0 fully saturated rings. The van der Waals surface area contributed by atoms with Crippen LogP contribution in [0.4, 0.5) is 4.39 Å². The zero-order valence-corrected chi connectivity index (χ0v) is 11.8. The van der Waals surface area contributed by atoms with Crippen LogP contribution in [0, 0.1) is 5.82 Å². The summed E-state index contributed by atoms with van der Waals surface area (Å²) in [4.78, 5) is 0. The number of halogens is 1. The molecular weight excluding hydrogens is 249 g/mol. The van der Waals surface area contributed by atoms with Crippen LogP contribution < -0.4 is 5.32 Å². The second-order valence-corrected chi connectivity index (χ2v) is 5.48. The fraction of sp³-hybridized carbons (Fsp3) is 0.333. The van der Waals surface area contributed by atoms with Crippen molar-refractivity contribution >= 4 is 0 Å². The van der Waals surface area contributed by atoms with Gasteiger partial charge in [-0.15, -0.1) is 0 Å². The van der Waals surface area contributed by atoms with Crippen molar-refractivity contribution in [3.05, 3.63) is 70.5 Å². The molecule has 1 aliphatic rings. The van der Waals surface area contributed by atoms with E-state index in [0.717, 1.165) is 12.0 Å². The third kappa shape index (κ3) is 2.48. The van der Waals surface area contributed by atoms with E-state index in [4.69, 9.17) is 0 Å². The average Bonchev–Trinajstić information content (AvgIpc) is 2.50. The van der Waals surface area contributed by atoms with Gasteiger partial charge in [-0.25, -0.2) is 4.39 Å². The van der Waals surface area contributed by atoms with Gasteiger partial charge in [0.2, 0.25) is 0 Å². The van der Waals surface area contributed by atoms with Gasteiger partial charge in [0, 0.05) is 5.56 Å². The molecule has 0 saturated carbocycles. The van der Waals surface area contributed by atoms with Crippen molar-refractivity contribution in [1.82, 2.24) is 5.32 Å². The summed E-state index contributed by atoms with van der Waals surface area (Å²) < 4.78 is 14.0. The summed E-state index contributed by atoms with van der Waals surface area (Å²) in [5.41, 5.74) is 4.76. The number of hydrogen-bond donors (Lipinski definition) is 1. The summed E-state index contributed by atoms with van der Waals surface area (Å²) in [5, 5.41) is 3.24. The molecule has 0 heterocycles. The zero-order valence-electron chi connectivity index (χ0n) is 11.8. The van der Waals surface area contributed by atoms with Crippen LogP contribution in [-0.2, 0) is 12.8 Å². The van der Waals surface area contributed by atoms with Gasteiger partial charge in [0.1, 0.15) is 5.82 Å². The molecule has 1 unspecified atom stereocenters. The van der Waals surface area contributed by atoms with E-state index in [9.17, 15) is 4.39 Å². The molecule has 0 spiro atoms. The summed E-state index contributed by atoms with van der Waals surface area (Å²) in [7, 11) is 1.89. The predicted molar refractivity (Wildman–Crippen MR) is 80.4 cm³/mol. The van der Waals surface area contributed by atoms with E-state index in [1.54, 1.807) is 6.07 Å². The molecule has 2 heteroatoms. The van der Waals surface area contributed by atoms with Crippen LogP contribution in [-0.4, -0.2) is 7.05 Å². The lowest BCUT2D eigenvalue weighted by Gasteiger charge is -2.22. The van der Waals surface area contributed by atoms with Gasteiger partial charge in [0.05, 0.1) is 6.04 Å². The SMILES string of the molecule is CNC(c1ccc2c(c1)CCCC2)c1ccccc1F. The van der Waals surface area contributed by atoms with Crippen molar-refractivity contribution in [3.63, 3.8) is 0 Å². The van der Waals surface area contributed by atoms with Gasteiger partial charge in [-0.3, -0.25) is 0 Å². The number of rotatable bonds is 3. The summed E-state index contributed by atoms with van der Waals surface area (Å²) in [6.07, 6.45) is 4.88. The third-order valence-corrected chi connectivity index (χ3v) is 4.21. The van der Waals surface area contributed by atoms with Crippen molar-refractivity contribution in [3.8, 4) is 0 Å². The van der Waals surface area contributed by atoms with E-state index in [1.165, 1.54) is 36.5 Å². The Morgan fingerprint density at radius 2 is 1.75 bits per heavy atom. The summed E-state index contributed by atoms with van der Waals surface area (Å²) >= 11 is 0. The summed E-state index contributed by atoms with van der Waals surface area (Å²) in [5.74, 6) is -0.149. The standard InChI is InChI=1S/C18H20FN/c1-20-18(16-8-4-5-9-17(16)19)15-11-10-13-6-2-3-7-14(13)12-15/h4-5,8-12,18,20H,2-3,6-7H2,1H3. The number of benzene rings is 2. The molecule has 0 radical (unpaired) electrons. The van der Waals surface area contributed by atoms with Crippen LogP contribution >= 0.6 is 0 Å². The average molecular weight is 269 g/mol. The summed E-state index contributed by atoms with van der Waals surface area (Å²) in [6.45, 7) is 0. The molecule has 0 saturated heterocycles. The van der Waals surface area contributed by atoms with Crippen LogP contribution in [0.2, 0.25) is 0 Å². The maximum atomic E-state index is 14.0. The number of hydrogen-bond acceptors (Lipinski definition) is 1. The van der Waals surface area contributed by atoms with E-state index in [1.807, 2.05) is 19.2 Å². The van der Waals surface area contributed by atoms with Gasteiger partial charge in [-0.05, 0) is 55.5 Å². The Balaban J connectivity index is 1.99. The largest absolute Gasteiger partial charge is 0.309 e. The molecule has 0 amide bonds. The van der Waals surface area contributed by atoms with Crippen molar-refractivity contribution < 1.29 is 4.39 Å². The minimum absolute atomic E-state index is 0.0802. The molecule has 1 N–H and O–H groups in total. The Labute approximate surface area is 119 Å². The van der Waals surface area contributed by atoms with Crippen molar-refractivity contribution in [2.24, 2.45) is 0 Å². The monoisotopic (exact) mass is 269 g/mol. The lowest BCUT2D eigenvalue weighted by Crippen LogP contribution is -2.19. The number of nitrogens with one attached hydrogen (secondary N) is 1. The van der Waals surface area contributed by atoms with E-state index < -0.39 is 0 Å². The third-order valence-electron chi connectivity index (χ3n) is 4.21. The van der Waals surface area contributed by atoms with Crippen LogP contribution in [0.5, 0.6) is 0 Å². The Kier molecular flexibility index (Phi) is 3.83. The molecule has 2 aromatic carbocycles. The second kappa shape index (κ2) is 5.76. The second-order valence-electron chi connectivity index (χ2n) is 5.48. The lowest BCUT2D eigenvalue weighted by atomic mass is 9.88. The predicted octanol–water partition coefficient (Wildman–Crippen LogP) is 4.01. The maximum absolute atomic E-state index is 14.0. The van der Waals surface area contributed by atoms with Crippen molar-refractivity contribution in [2.75, 3.05) is 7.05 Å². The fourth-order valence-electron chi connectivity index (χ4n) is 3.14. The van der Waals surface area contributed by atoms with Gasteiger partial charge in [-0.2, -0.15) is 0 Å². The molecule has 2 aromatic rings. The topological polar surface area (TPSA) is 12.0 Å². The Hall–Kier alpha value is -1.67. The molecule has 0 aliphatic heterocycles. The smallest absolute Gasteiger partial charge is 0.128 e. The minimum atomic E-state index is -0.149. The molecule has 3 rings (SSSR count). The van der Waals surface area contributed by atoms with E-state index in [2.05, 4.69) is 23.5 Å². The number of aryl methyl sites for hydroxylation is 2. The normalized spacial score (nSPS) is 15.7. The first-order valence-electron chi connectivity index (χ1n) is 7.33. The molecule has 0 aromatic heterocycles. The maximum Gasteiger partial charge on any atom is 0.128 e. The van der Waals surface area contributed by atoms with Gasteiger partial charge < -0.3 is 5.32 Å². The van der Waals surface area contributed by atoms with E-state index in [0.29, 0.717) is 5.56 Å².